The summed E-state index contributed by atoms with van der Waals surface area (Å²) in [6, 6.07) is 11.6. The van der Waals surface area contributed by atoms with Gasteiger partial charge in [0.05, 0.1) is 0 Å². The van der Waals surface area contributed by atoms with Crippen LogP contribution in [-0.4, -0.2) is 11.7 Å². The second-order valence-electron chi connectivity index (χ2n) is 4.12. The van der Waals surface area contributed by atoms with Gasteiger partial charge in [-0.25, -0.2) is 4.39 Å². The van der Waals surface area contributed by atoms with Gasteiger partial charge in [0, 0.05) is 23.9 Å². The zero-order valence-electron chi connectivity index (χ0n) is 10.8. The van der Waals surface area contributed by atoms with Crippen molar-refractivity contribution in [2.75, 3.05) is 11.9 Å². The number of halogens is 1. The Labute approximate surface area is 117 Å². The van der Waals surface area contributed by atoms with Gasteiger partial charge in [0.2, 0.25) is 0 Å². The third-order valence-corrected chi connectivity index (χ3v) is 2.71. The fourth-order valence-electron chi connectivity index (χ4n) is 1.72. The van der Waals surface area contributed by atoms with E-state index < -0.39 is 5.82 Å². The zero-order chi connectivity index (χ0) is 14.4. The van der Waals surface area contributed by atoms with E-state index in [0.29, 0.717) is 18.0 Å². The Kier molecular flexibility index (Phi) is 4.46. The molecule has 0 radical (unpaired) electrons. The van der Waals surface area contributed by atoms with E-state index in [1.165, 1.54) is 12.1 Å². The molecule has 2 N–H and O–H groups in total. The Morgan fingerprint density at radius 1 is 1.25 bits per heavy atom. The number of anilines is 1. The lowest BCUT2D eigenvalue weighted by molar-refractivity contribution is 0.366. The number of hydrogen-bond donors (Lipinski definition) is 2. The Morgan fingerprint density at radius 2 is 2.05 bits per heavy atom. The third kappa shape index (κ3) is 3.42. The molecule has 20 heavy (non-hydrogen) atoms. The summed E-state index contributed by atoms with van der Waals surface area (Å²) in [7, 11) is 0. The largest absolute Gasteiger partial charge is 0.505 e. The number of phenolic OH excluding ortho intramolecular Hbond substituents is 1. The van der Waals surface area contributed by atoms with Crippen molar-refractivity contribution in [3.63, 3.8) is 0 Å². The highest BCUT2D eigenvalue weighted by atomic mass is 19.1. The fourth-order valence-corrected chi connectivity index (χ4v) is 1.72. The van der Waals surface area contributed by atoms with Gasteiger partial charge in [-0.05, 0) is 18.2 Å². The highest BCUT2D eigenvalue weighted by Gasteiger charge is 2.04. The van der Waals surface area contributed by atoms with Gasteiger partial charge in [-0.2, -0.15) is 0 Å². The van der Waals surface area contributed by atoms with Crippen LogP contribution in [-0.2, 0) is 6.54 Å². The van der Waals surface area contributed by atoms with E-state index in [2.05, 4.69) is 11.2 Å². The zero-order valence-corrected chi connectivity index (χ0v) is 10.8. The average Bonchev–Trinajstić information content (AvgIpc) is 2.47. The fraction of sp³-hybridized carbons (Fsp3) is 0.125. The minimum absolute atomic E-state index is 0.199. The highest BCUT2D eigenvalue weighted by molar-refractivity contribution is 5.48. The highest BCUT2D eigenvalue weighted by Crippen LogP contribution is 2.22. The van der Waals surface area contributed by atoms with Crippen molar-refractivity contribution in [1.82, 2.24) is 0 Å². The molecule has 0 heterocycles. The van der Waals surface area contributed by atoms with Crippen molar-refractivity contribution in [1.29, 1.82) is 0 Å². The van der Waals surface area contributed by atoms with Gasteiger partial charge < -0.3 is 15.2 Å². The second-order valence-corrected chi connectivity index (χ2v) is 4.12. The van der Waals surface area contributed by atoms with Crippen molar-refractivity contribution in [2.45, 2.75) is 6.54 Å². The number of benzene rings is 2. The second kappa shape index (κ2) is 6.48. The predicted octanol–water partition coefficient (Wildman–Crippen LogP) is 3.16. The smallest absolute Gasteiger partial charge is 0.166 e. The van der Waals surface area contributed by atoms with Crippen LogP contribution >= 0.6 is 0 Å². The summed E-state index contributed by atoms with van der Waals surface area (Å²) < 4.78 is 18.6. The molecule has 0 aromatic heterocycles. The first-order valence-corrected chi connectivity index (χ1v) is 6.07. The minimum Gasteiger partial charge on any atom is -0.505 e. The maximum absolute atomic E-state index is 13.2. The summed E-state index contributed by atoms with van der Waals surface area (Å²) in [6.45, 7) is 0.663. The van der Waals surface area contributed by atoms with Crippen LogP contribution in [0.25, 0.3) is 0 Å². The van der Waals surface area contributed by atoms with E-state index in [1.54, 1.807) is 6.07 Å². The summed E-state index contributed by atoms with van der Waals surface area (Å²) in [5.74, 6) is 2.08. The number of phenols is 1. The molecule has 0 atom stereocenters. The van der Waals surface area contributed by atoms with Crippen molar-refractivity contribution >= 4 is 5.69 Å². The van der Waals surface area contributed by atoms with Gasteiger partial charge in [-0.15, -0.1) is 6.42 Å². The van der Waals surface area contributed by atoms with Gasteiger partial charge >= 0.3 is 0 Å². The molecule has 0 aliphatic carbocycles. The molecule has 0 aliphatic rings. The van der Waals surface area contributed by atoms with Crippen molar-refractivity contribution in [3.05, 3.63) is 53.8 Å². The van der Waals surface area contributed by atoms with Crippen LogP contribution in [0.3, 0.4) is 0 Å². The molecule has 3 nitrogen and oxygen atoms in total. The van der Waals surface area contributed by atoms with Crippen LogP contribution in [0.15, 0.2) is 42.5 Å². The molecule has 2 aromatic rings. The monoisotopic (exact) mass is 271 g/mol. The van der Waals surface area contributed by atoms with Gasteiger partial charge in [-0.1, -0.05) is 24.1 Å². The van der Waals surface area contributed by atoms with E-state index >= 15 is 0 Å². The van der Waals surface area contributed by atoms with Gasteiger partial charge in [0.1, 0.15) is 12.4 Å². The topological polar surface area (TPSA) is 41.5 Å². The van der Waals surface area contributed by atoms with Crippen molar-refractivity contribution < 1.29 is 14.2 Å². The molecule has 0 bridgehead atoms. The molecule has 2 rings (SSSR count). The Balaban J connectivity index is 2.06. The van der Waals surface area contributed by atoms with E-state index in [1.807, 2.05) is 24.3 Å². The molecule has 2 aromatic carbocycles. The molecule has 4 heteroatoms. The maximum Gasteiger partial charge on any atom is 0.166 e. The molecular formula is C16H14FNO2. The number of nitrogens with one attached hydrogen (secondary N) is 1. The van der Waals surface area contributed by atoms with Gasteiger partial charge in [0.25, 0.3) is 0 Å². The van der Waals surface area contributed by atoms with E-state index in [0.717, 1.165) is 5.56 Å². The lowest BCUT2D eigenvalue weighted by atomic mass is 10.2. The van der Waals surface area contributed by atoms with Crippen LogP contribution in [0.4, 0.5) is 10.1 Å². The first kappa shape index (κ1) is 13.8. The SMILES string of the molecule is C#CCOc1ccccc1CNc1ccc(O)c(F)c1. The molecule has 0 spiro atoms. The lowest BCUT2D eigenvalue weighted by Crippen LogP contribution is -2.03. The lowest BCUT2D eigenvalue weighted by Gasteiger charge is -2.11. The minimum atomic E-state index is -0.660. The molecular weight excluding hydrogens is 257 g/mol. The van der Waals surface area contributed by atoms with Crippen LogP contribution < -0.4 is 10.1 Å². The van der Waals surface area contributed by atoms with Gasteiger partial charge in [0.15, 0.2) is 11.6 Å². The van der Waals surface area contributed by atoms with Crippen molar-refractivity contribution in [3.8, 4) is 23.8 Å². The number of rotatable bonds is 5. The average molecular weight is 271 g/mol. The molecule has 0 unspecified atom stereocenters. The predicted molar refractivity (Wildman–Crippen MR) is 76.2 cm³/mol. The van der Waals surface area contributed by atoms with Crippen LogP contribution in [0.1, 0.15) is 5.56 Å². The number of para-hydroxylation sites is 1. The number of terminal acetylenes is 1. The molecule has 0 aliphatic heterocycles. The standard InChI is InChI=1S/C16H14FNO2/c1-2-9-20-16-6-4-3-5-12(16)11-18-13-7-8-15(19)14(17)10-13/h1,3-8,10,18-19H,9,11H2. The Morgan fingerprint density at radius 3 is 2.80 bits per heavy atom. The quantitative estimate of drug-likeness (QED) is 0.648. The summed E-state index contributed by atoms with van der Waals surface area (Å²) in [4.78, 5) is 0. The molecule has 0 amide bonds. The summed E-state index contributed by atoms with van der Waals surface area (Å²) >= 11 is 0. The maximum atomic E-state index is 13.2. The molecule has 0 fully saturated rings. The Bertz CT molecular complexity index is 635. The molecule has 0 saturated carbocycles. The van der Waals surface area contributed by atoms with Crippen LogP contribution in [0, 0.1) is 18.2 Å². The van der Waals surface area contributed by atoms with Crippen LogP contribution in [0.2, 0.25) is 0 Å². The first-order chi connectivity index (χ1) is 9.70. The van der Waals surface area contributed by atoms with Crippen molar-refractivity contribution in [2.24, 2.45) is 0 Å². The van der Waals surface area contributed by atoms with E-state index in [-0.39, 0.29) is 12.4 Å². The van der Waals surface area contributed by atoms with Crippen LogP contribution in [0.5, 0.6) is 11.5 Å². The molecule has 0 saturated heterocycles. The third-order valence-electron chi connectivity index (χ3n) is 2.71. The number of aromatic hydroxyl groups is 1. The van der Waals surface area contributed by atoms with E-state index in [9.17, 15) is 4.39 Å². The Hall–Kier alpha value is -2.67. The normalized spacial score (nSPS) is 9.80. The van der Waals surface area contributed by atoms with Gasteiger partial charge in [-0.3, -0.25) is 0 Å². The van der Waals surface area contributed by atoms with E-state index in [4.69, 9.17) is 16.3 Å². The molecule has 102 valence electrons. The first-order valence-electron chi connectivity index (χ1n) is 6.07. The number of ether oxygens (including phenoxy) is 1. The number of hydrogen-bond acceptors (Lipinski definition) is 3. The summed E-state index contributed by atoms with van der Waals surface area (Å²) in [5, 5.41) is 12.2. The summed E-state index contributed by atoms with van der Waals surface area (Å²) in [6.07, 6.45) is 5.17. The summed E-state index contributed by atoms with van der Waals surface area (Å²) in [5.41, 5.74) is 1.49.